The number of ether oxygens (including phenoxy) is 1. The Bertz CT molecular complexity index is 1020. The summed E-state index contributed by atoms with van der Waals surface area (Å²) >= 11 is 0. The van der Waals surface area contributed by atoms with Crippen molar-refractivity contribution in [2.24, 2.45) is 0 Å². The van der Waals surface area contributed by atoms with Crippen LogP contribution in [0.3, 0.4) is 0 Å². The third-order valence-electron chi connectivity index (χ3n) is 6.35. The van der Waals surface area contributed by atoms with E-state index < -0.39 is 0 Å². The number of hydrogen-bond acceptors (Lipinski definition) is 3. The second-order valence-electron chi connectivity index (χ2n) is 7.96. The zero-order valence-electron chi connectivity index (χ0n) is 16.8. The van der Waals surface area contributed by atoms with E-state index in [4.69, 9.17) is 4.74 Å². The van der Waals surface area contributed by atoms with Crippen molar-refractivity contribution in [2.45, 2.75) is 38.4 Å². The maximum atomic E-state index is 12.9. The number of nitrogens with zero attached hydrogens (tertiary/aromatic N) is 2. The molecule has 1 aromatic heterocycles. The number of carbonyl (C=O) groups excluding carboxylic acids is 1. The van der Waals surface area contributed by atoms with Gasteiger partial charge in [-0.25, -0.2) is 4.79 Å². The molecule has 0 radical (unpaired) electrons. The van der Waals surface area contributed by atoms with Crippen molar-refractivity contribution in [1.82, 2.24) is 9.47 Å². The lowest BCUT2D eigenvalue weighted by molar-refractivity contribution is 0.0600. The normalized spacial score (nSPS) is 18.3. The van der Waals surface area contributed by atoms with Crippen LogP contribution in [0.25, 0.3) is 11.3 Å². The summed E-state index contributed by atoms with van der Waals surface area (Å²) in [7, 11) is 1.49. The third kappa shape index (κ3) is 3.08. The molecular weight excluding hydrogens is 360 g/mol. The van der Waals surface area contributed by atoms with Gasteiger partial charge in [-0.3, -0.25) is 4.90 Å². The SMILES string of the molecule is COC(=O)c1c2c3n(c1-c1ccccc1)CCN(Cc1ccccc1)[C@H]3CCC2. The Morgan fingerprint density at radius 2 is 1.76 bits per heavy atom. The van der Waals surface area contributed by atoms with Gasteiger partial charge in [0.2, 0.25) is 0 Å². The largest absolute Gasteiger partial charge is 0.465 e. The van der Waals surface area contributed by atoms with Crippen LogP contribution in [0, 0.1) is 0 Å². The molecule has 2 aliphatic rings. The molecule has 0 saturated carbocycles. The number of carbonyl (C=O) groups is 1. The van der Waals surface area contributed by atoms with Gasteiger partial charge in [-0.05, 0) is 36.0 Å². The molecule has 1 atom stereocenters. The molecule has 2 aromatic carbocycles. The molecule has 0 N–H and O–H groups in total. The van der Waals surface area contributed by atoms with Gasteiger partial charge in [-0.1, -0.05) is 60.7 Å². The van der Waals surface area contributed by atoms with Gasteiger partial charge >= 0.3 is 5.97 Å². The Labute approximate surface area is 171 Å². The van der Waals surface area contributed by atoms with Crippen LogP contribution in [-0.2, 0) is 24.2 Å². The summed E-state index contributed by atoms with van der Waals surface area (Å²) < 4.78 is 7.64. The van der Waals surface area contributed by atoms with E-state index in [9.17, 15) is 4.79 Å². The molecule has 0 saturated heterocycles. The molecule has 3 aromatic rings. The number of methoxy groups -OCH3 is 1. The third-order valence-corrected chi connectivity index (χ3v) is 6.35. The van der Waals surface area contributed by atoms with Gasteiger partial charge in [0.25, 0.3) is 0 Å². The Hall–Kier alpha value is -2.85. The maximum Gasteiger partial charge on any atom is 0.340 e. The number of hydrogen-bond donors (Lipinski definition) is 0. The minimum absolute atomic E-state index is 0.212. The average molecular weight is 386 g/mol. The number of aromatic nitrogens is 1. The lowest BCUT2D eigenvalue weighted by Crippen LogP contribution is -2.39. The summed E-state index contributed by atoms with van der Waals surface area (Å²) in [6, 6.07) is 21.3. The predicted octanol–water partition coefficient (Wildman–Crippen LogP) is 4.83. The standard InChI is InChI=1S/C25H26N2O2/c1-29-25(28)22-20-13-8-14-21-24(20)27(23(22)19-11-6-3-7-12-19)16-15-26(21)17-18-9-4-2-5-10-18/h2-7,9-12,21H,8,13-17H2,1H3/t21-/m0/s1. The molecule has 0 amide bonds. The first-order valence-electron chi connectivity index (χ1n) is 10.4. The van der Waals surface area contributed by atoms with Crippen molar-refractivity contribution >= 4 is 5.97 Å². The summed E-state index contributed by atoms with van der Waals surface area (Å²) in [6.45, 7) is 2.83. The highest BCUT2D eigenvalue weighted by Crippen LogP contribution is 2.45. The van der Waals surface area contributed by atoms with E-state index >= 15 is 0 Å². The van der Waals surface area contributed by atoms with E-state index in [0.29, 0.717) is 6.04 Å². The Kier molecular flexibility index (Phi) is 4.72. The van der Waals surface area contributed by atoms with E-state index in [1.54, 1.807) is 0 Å². The Morgan fingerprint density at radius 1 is 1.03 bits per heavy atom. The molecule has 29 heavy (non-hydrogen) atoms. The van der Waals surface area contributed by atoms with Crippen molar-refractivity contribution in [2.75, 3.05) is 13.7 Å². The fraction of sp³-hybridized carbons (Fsp3) is 0.320. The monoisotopic (exact) mass is 386 g/mol. The number of esters is 1. The molecule has 148 valence electrons. The molecule has 0 spiro atoms. The summed E-state index contributed by atoms with van der Waals surface area (Å²) in [5.74, 6) is -0.212. The fourth-order valence-electron chi connectivity index (χ4n) is 5.13. The predicted molar refractivity (Wildman–Crippen MR) is 114 cm³/mol. The molecule has 1 aliphatic heterocycles. The average Bonchev–Trinajstić information content (AvgIpc) is 3.12. The molecule has 0 fully saturated rings. The van der Waals surface area contributed by atoms with Crippen LogP contribution in [-0.4, -0.2) is 29.1 Å². The first-order chi connectivity index (χ1) is 14.3. The van der Waals surface area contributed by atoms with E-state index in [1.165, 1.54) is 23.9 Å². The first kappa shape index (κ1) is 18.2. The summed E-state index contributed by atoms with van der Waals surface area (Å²) in [4.78, 5) is 15.4. The highest BCUT2D eigenvalue weighted by molar-refractivity contribution is 5.99. The molecule has 0 bridgehead atoms. The van der Waals surface area contributed by atoms with Crippen molar-refractivity contribution in [1.29, 1.82) is 0 Å². The van der Waals surface area contributed by atoms with Crippen LogP contribution in [0.4, 0.5) is 0 Å². The van der Waals surface area contributed by atoms with Crippen LogP contribution >= 0.6 is 0 Å². The van der Waals surface area contributed by atoms with Crippen molar-refractivity contribution in [3.05, 3.63) is 83.0 Å². The number of benzene rings is 2. The molecule has 0 unspecified atom stereocenters. The van der Waals surface area contributed by atoms with Crippen LogP contribution < -0.4 is 0 Å². The highest BCUT2D eigenvalue weighted by atomic mass is 16.5. The van der Waals surface area contributed by atoms with Crippen molar-refractivity contribution in [3.8, 4) is 11.3 Å². The molecule has 4 heteroatoms. The van der Waals surface area contributed by atoms with Crippen LogP contribution in [0.5, 0.6) is 0 Å². The molecule has 1 aliphatic carbocycles. The Balaban J connectivity index is 1.63. The smallest absolute Gasteiger partial charge is 0.340 e. The summed E-state index contributed by atoms with van der Waals surface area (Å²) in [5, 5.41) is 0. The van der Waals surface area contributed by atoms with E-state index in [-0.39, 0.29) is 5.97 Å². The van der Waals surface area contributed by atoms with Crippen LogP contribution in [0.2, 0.25) is 0 Å². The van der Waals surface area contributed by atoms with Gasteiger partial charge in [0.1, 0.15) is 0 Å². The summed E-state index contributed by atoms with van der Waals surface area (Å²) in [6.07, 6.45) is 3.19. The molecule has 5 rings (SSSR count). The van der Waals surface area contributed by atoms with Gasteiger partial charge in [0, 0.05) is 25.3 Å². The maximum absolute atomic E-state index is 12.9. The van der Waals surface area contributed by atoms with Gasteiger partial charge in [-0.2, -0.15) is 0 Å². The minimum atomic E-state index is -0.212. The van der Waals surface area contributed by atoms with E-state index in [0.717, 1.165) is 55.7 Å². The zero-order valence-corrected chi connectivity index (χ0v) is 16.8. The summed E-state index contributed by atoms with van der Waals surface area (Å²) in [5.41, 5.74) is 6.78. The fourth-order valence-corrected chi connectivity index (χ4v) is 5.13. The zero-order chi connectivity index (χ0) is 19.8. The molecule has 2 heterocycles. The first-order valence-corrected chi connectivity index (χ1v) is 10.4. The van der Waals surface area contributed by atoms with E-state index in [1.807, 2.05) is 18.2 Å². The second kappa shape index (κ2) is 7.53. The minimum Gasteiger partial charge on any atom is -0.465 e. The quantitative estimate of drug-likeness (QED) is 0.602. The Morgan fingerprint density at radius 3 is 2.48 bits per heavy atom. The van der Waals surface area contributed by atoms with Gasteiger partial charge in [0.15, 0.2) is 0 Å². The molecular formula is C25H26N2O2. The second-order valence-corrected chi connectivity index (χ2v) is 7.96. The molecule has 4 nitrogen and oxygen atoms in total. The lowest BCUT2D eigenvalue weighted by atomic mass is 9.88. The topological polar surface area (TPSA) is 34.5 Å². The van der Waals surface area contributed by atoms with E-state index in [2.05, 4.69) is 51.9 Å². The highest BCUT2D eigenvalue weighted by Gasteiger charge is 2.38. The van der Waals surface area contributed by atoms with Crippen LogP contribution in [0.15, 0.2) is 60.7 Å². The van der Waals surface area contributed by atoms with Gasteiger partial charge in [0.05, 0.1) is 24.4 Å². The van der Waals surface area contributed by atoms with Crippen LogP contribution in [0.1, 0.15) is 46.1 Å². The van der Waals surface area contributed by atoms with Crippen molar-refractivity contribution < 1.29 is 9.53 Å². The van der Waals surface area contributed by atoms with Gasteiger partial charge in [-0.15, -0.1) is 0 Å². The lowest BCUT2D eigenvalue weighted by Gasteiger charge is -2.40. The van der Waals surface area contributed by atoms with Crippen molar-refractivity contribution in [3.63, 3.8) is 0 Å². The van der Waals surface area contributed by atoms with Gasteiger partial charge < -0.3 is 9.30 Å². The number of rotatable bonds is 4.